The molecule has 2 aliphatic rings. The molecule has 0 saturated carbocycles. The third kappa shape index (κ3) is 4.32. The van der Waals surface area contributed by atoms with Crippen LogP contribution >= 0.6 is 0 Å². The van der Waals surface area contributed by atoms with Gasteiger partial charge in [-0.05, 0) is 36.6 Å². The molecule has 2 heterocycles. The lowest BCUT2D eigenvalue weighted by Gasteiger charge is -2.34. The lowest BCUT2D eigenvalue weighted by Crippen LogP contribution is -2.43. The Morgan fingerprint density at radius 1 is 1.20 bits per heavy atom. The summed E-state index contributed by atoms with van der Waals surface area (Å²) >= 11 is 0. The van der Waals surface area contributed by atoms with Crippen LogP contribution in [0.3, 0.4) is 0 Å². The summed E-state index contributed by atoms with van der Waals surface area (Å²) in [6, 6.07) is 5.57. The molecule has 0 spiro atoms. The van der Waals surface area contributed by atoms with Gasteiger partial charge in [0.15, 0.2) is 17.8 Å². The van der Waals surface area contributed by atoms with Crippen LogP contribution in [0.4, 0.5) is 0 Å². The molecule has 1 unspecified atom stereocenters. The van der Waals surface area contributed by atoms with Crippen LogP contribution in [-0.4, -0.2) is 57.6 Å². The number of nitrogens with zero attached hydrogens (tertiary/aromatic N) is 1. The predicted octanol–water partition coefficient (Wildman–Crippen LogP) is 2.33. The van der Waals surface area contributed by atoms with Crippen molar-refractivity contribution < 1.29 is 23.7 Å². The van der Waals surface area contributed by atoms with E-state index >= 15 is 0 Å². The molecule has 2 saturated heterocycles. The predicted molar refractivity (Wildman–Crippen MR) is 93.6 cm³/mol. The molecule has 25 heavy (non-hydrogen) atoms. The van der Waals surface area contributed by atoms with Crippen LogP contribution in [0.1, 0.15) is 18.4 Å². The zero-order chi connectivity index (χ0) is 17.6. The van der Waals surface area contributed by atoms with E-state index < -0.39 is 0 Å². The number of likely N-dealkylation sites (tertiary alicyclic amines) is 1. The molecule has 0 N–H and O–H groups in total. The number of hydrogen-bond acceptors (Lipinski definition) is 5. The number of amides is 1. The van der Waals surface area contributed by atoms with E-state index in [4.69, 9.17) is 18.9 Å². The Kier molecular flexibility index (Phi) is 5.94. The van der Waals surface area contributed by atoms with Crippen molar-refractivity contribution in [3.63, 3.8) is 0 Å². The van der Waals surface area contributed by atoms with Crippen LogP contribution in [0.2, 0.25) is 0 Å². The quantitative estimate of drug-likeness (QED) is 0.765. The normalized spacial score (nSPS) is 21.7. The Morgan fingerprint density at radius 3 is 2.68 bits per heavy atom. The number of methoxy groups -OCH3 is 2. The van der Waals surface area contributed by atoms with Crippen LogP contribution in [-0.2, 0) is 14.3 Å². The Bertz CT molecular complexity index is 624. The fourth-order valence-electron chi connectivity index (χ4n) is 3.31. The summed E-state index contributed by atoms with van der Waals surface area (Å²) in [4.78, 5) is 14.4. The average Bonchev–Trinajstić information content (AvgIpc) is 3.20. The van der Waals surface area contributed by atoms with Gasteiger partial charge in [0.25, 0.3) is 0 Å². The van der Waals surface area contributed by atoms with E-state index in [1.165, 1.54) is 0 Å². The summed E-state index contributed by atoms with van der Waals surface area (Å²) in [7, 11) is 3.19. The SMILES string of the molecule is COc1ccc(/C=C/C(=O)N2CCCC(C3OCCO3)C2)cc1OC. The summed E-state index contributed by atoms with van der Waals surface area (Å²) < 4.78 is 21.7. The highest BCUT2D eigenvalue weighted by atomic mass is 16.7. The number of rotatable bonds is 5. The summed E-state index contributed by atoms with van der Waals surface area (Å²) in [6.45, 7) is 2.75. The van der Waals surface area contributed by atoms with Gasteiger partial charge in [0.05, 0.1) is 27.4 Å². The maximum atomic E-state index is 12.5. The molecule has 2 aliphatic heterocycles. The molecular formula is C19H25NO5. The number of carbonyl (C=O) groups excluding carboxylic acids is 1. The summed E-state index contributed by atoms with van der Waals surface area (Å²) in [6.07, 6.45) is 5.26. The first-order valence-electron chi connectivity index (χ1n) is 8.63. The van der Waals surface area contributed by atoms with Gasteiger partial charge in [-0.15, -0.1) is 0 Å². The van der Waals surface area contributed by atoms with Gasteiger partial charge in [0.1, 0.15) is 0 Å². The standard InChI is InChI=1S/C19H25NO5/c1-22-16-7-5-14(12-17(16)23-2)6-8-18(21)20-9-3-4-15(13-20)19-24-10-11-25-19/h5-8,12,15,19H,3-4,9-11,13H2,1-2H3/b8-6+. The molecule has 0 radical (unpaired) electrons. The third-order valence-corrected chi connectivity index (χ3v) is 4.63. The van der Waals surface area contributed by atoms with Gasteiger partial charge in [-0.2, -0.15) is 0 Å². The van der Waals surface area contributed by atoms with Gasteiger partial charge < -0.3 is 23.8 Å². The molecule has 1 aromatic carbocycles. The van der Waals surface area contributed by atoms with Crippen molar-refractivity contribution in [3.8, 4) is 11.5 Å². The lowest BCUT2D eigenvalue weighted by molar-refractivity contribution is -0.134. The van der Waals surface area contributed by atoms with Crippen molar-refractivity contribution in [3.05, 3.63) is 29.8 Å². The monoisotopic (exact) mass is 347 g/mol. The molecular weight excluding hydrogens is 322 g/mol. The second kappa shape index (κ2) is 8.36. The summed E-state index contributed by atoms with van der Waals surface area (Å²) in [5.74, 6) is 1.58. The molecule has 3 rings (SSSR count). The van der Waals surface area contributed by atoms with Crippen LogP contribution < -0.4 is 9.47 Å². The van der Waals surface area contributed by atoms with Gasteiger partial charge >= 0.3 is 0 Å². The molecule has 1 amide bonds. The van der Waals surface area contributed by atoms with Gasteiger partial charge in [-0.25, -0.2) is 0 Å². The Labute approximate surface area is 148 Å². The Morgan fingerprint density at radius 2 is 1.96 bits per heavy atom. The fraction of sp³-hybridized carbons (Fsp3) is 0.526. The van der Waals surface area contributed by atoms with Crippen LogP contribution in [0, 0.1) is 5.92 Å². The molecule has 136 valence electrons. The second-order valence-corrected chi connectivity index (χ2v) is 6.24. The van der Waals surface area contributed by atoms with Crippen molar-refractivity contribution >= 4 is 12.0 Å². The van der Waals surface area contributed by atoms with Crippen molar-refractivity contribution in [2.45, 2.75) is 19.1 Å². The molecule has 1 aromatic rings. The molecule has 0 bridgehead atoms. The van der Waals surface area contributed by atoms with Crippen molar-refractivity contribution in [1.82, 2.24) is 4.90 Å². The van der Waals surface area contributed by atoms with Gasteiger partial charge in [0.2, 0.25) is 5.91 Å². The van der Waals surface area contributed by atoms with Crippen LogP contribution in [0.25, 0.3) is 6.08 Å². The largest absolute Gasteiger partial charge is 0.493 e. The highest BCUT2D eigenvalue weighted by Gasteiger charge is 2.32. The molecule has 6 nitrogen and oxygen atoms in total. The average molecular weight is 347 g/mol. The minimum absolute atomic E-state index is 0.0116. The minimum Gasteiger partial charge on any atom is -0.493 e. The Balaban J connectivity index is 1.62. The van der Waals surface area contributed by atoms with Crippen molar-refractivity contribution in [2.24, 2.45) is 5.92 Å². The molecule has 2 fully saturated rings. The first-order chi connectivity index (χ1) is 12.2. The van der Waals surface area contributed by atoms with E-state index in [0.717, 1.165) is 24.9 Å². The number of piperidine rings is 1. The van der Waals surface area contributed by atoms with Crippen LogP contribution in [0.15, 0.2) is 24.3 Å². The second-order valence-electron chi connectivity index (χ2n) is 6.24. The molecule has 6 heteroatoms. The number of hydrogen-bond donors (Lipinski definition) is 0. The minimum atomic E-state index is -0.162. The Hall–Kier alpha value is -2.05. The maximum Gasteiger partial charge on any atom is 0.246 e. The number of carbonyl (C=O) groups is 1. The van der Waals surface area contributed by atoms with Crippen molar-refractivity contribution in [1.29, 1.82) is 0 Å². The third-order valence-electron chi connectivity index (χ3n) is 4.63. The van der Waals surface area contributed by atoms with Gasteiger partial charge in [-0.3, -0.25) is 4.79 Å². The zero-order valence-corrected chi connectivity index (χ0v) is 14.8. The van der Waals surface area contributed by atoms with E-state index in [1.807, 2.05) is 23.1 Å². The fourth-order valence-corrected chi connectivity index (χ4v) is 3.31. The van der Waals surface area contributed by atoms with Crippen molar-refractivity contribution in [2.75, 3.05) is 40.5 Å². The van der Waals surface area contributed by atoms with E-state index in [9.17, 15) is 4.79 Å². The number of benzene rings is 1. The summed E-state index contributed by atoms with van der Waals surface area (Å²) in [5, 5.41) is 0. The first kappa shape index (κ1) is 17.8. The summed E-state index contributed by atoms with van der Waals surface area (Å²) in [5.41, 5.74) is 0.891. The smallest absolute Gasteiger partial charge is 0.246 e. The highest BCUT2D eigenvalue weighted by Crippen LogP contribution is 2.28. The van der Waals surface area contributed by atoms with E-state index in [-0.39, 0.29) is 18.1 Å². The molecule has 1 atom stereocenters. The first-order valence-corrected chi connectivity index (χ1v) is 8.63. The van der Waals surface area contributed by atoms with Gasteiger partial charge in [0, 0.05) is 25.1 Å². The van der Waals surface area contributed by atoms with E-state index in [2.05, 4.69) is 0 Å². The molecule has 0 aliphatic carbocycles. The maximum absolute atomic E-state index is 12.5. The topological polar surface area (TPSA) is 57.2 Å². The molecule has 0 aromatic heterocycles. The zero-order valence-electron chi connectivity index (χ0n) is 14.8. The lowest BCUT2D eigenvalue weighted by atomic mass is 9.97. The van der Waals surface area contributed by atoms with Gasteiger partial charge in [-0.1, -0.05) is 6.07 Å². The van der Waals surface area contributed by atoms with E-state index in [0.29, 0.717) is 31.3 Å². The van der Waals surface area contributed by atoms with E-state index in [1.54, 1.807) is 26.4 Å². The number of ether oxygens (including phenoxy) is 4. The highest BCUT2D eigenvalue weighted by molar-refractivity contribution is 5.92. The van der Waals surface area contributed by atoms with Crippen LogP contribution in [0.5, 0.6) is 11.5 Å².